The Morgan fingerprint density at radius 1 is 1.24 bits per heavy atom. The van der Waals surface area contributed by atoms with Crippen molar-refractivity contribution in [3.8, 4) is 10.6 Å². The number of likely N-dealkylation sites (tertiary alicyclic amines) is 1. The first-order valence-corrected chi connectivity index (χ1v) is 9.41. The number of hydrogen-bond donors (Lipinski definition) is 1. The summed E-state index contributed by atoms with van der Waals surface area (Å²) in [4.78, 5) is 30.6. The third-order valence-electron chi connectivity index (χ3n) is 4.64. The van der Waals surface area contributed by atoms with Crippen molar-refractivity contribution in [2.24, 2.45) is 11.8 Å². The summed E-state index contributed by atoms with van der Waals surface area (Å²) in [5.74, 6) is 0.548. The van der Waals surface area contributed by atoms with Gasteiger partial charge in [0.2, 0.25) is 5.91 Å². The summed E-state index contributed by atoms with van der Waals surface area (Å²) in [6.07, 6.45) is 0. The first kappa shape index (κ1) is 17.6. The second kappa shape index (κ2) is 7.35. The molecular formula is C19H23N3O2S. The molecule has 1 aromatic heterocycles. The molecule has 2 atom stereocenters. The number of rotatable bonds is 4. The molecule has 25 heavy (non-hydrogen) atoms. The number of benzene rings is 1. The first-order valence-electron chi connectivity index (χ1n) is 8.53. The van der Waals surface area contributed by atoms with Crippen molar-refractivity contribution in [1.29, 1.82) is 0 Å². The third kappa shape index (κ3) is 3.90. The predicted octanol–water partition coefficient (Wildman–Crippen LogP) is 3.04. The second-order valence-electron chi connectivity index (χ2n) is 6.83. The van der Waals surface area contributed by atoms with Gasteiger partial charge in [-0.3, -0.25) is 9.59 Å². The van der Waals surface area contributed by atoms with E-state index in [2.05, 4.69) is 24.1 Å². The van der Waals surface area contributed by atoms with Crippen molar-refractivity contribution in [3.05, 3.63) is 41.4 Å². The minimum atomic E-state index is -0.0584. The molecule has 2 heterocycles. The Bertz CT molecular complexity index is 757. The van der Waals surface area contributed by atoms with Gasteiger partial charge in [-0.05, 0) is 5.92 Å². The smallest absolute Gasteiger partial charge is 0.273 e. The summed E-state index contributed by atoms with van der Waals surface area (Å²) in [6, 6.07) is 9.87. The normalized spacial score (nSPS) is 20.1. The van der Waals surface area contributed by atoms with Crippen LogP contribution in [0.1, 0.15) is 31.3 Å². The molecular weight excluding hydrogens is 334 g/mol. The average molecular weight is 357 g/mol. The van der Waals surface area contributed by atoms with Gasteiger partial charge >= 0.3 is 0 Å². The van der Waals surface area contributed by atoms with E-state index >= 15 is 0 Å². The van der Waals surface area contributed by atoms with Crippen molar-refractivity contribution >= 4 is 23.2 Å². The summed E-state index contributed by atoms with van der Waals surface area (Å²) in [5, 5.41) is 5.66. The van der Waals surface area contributed by atoms with E-state index in [1.807, 2.05) is 40.6 Å². The average Bonchev–Trinajstić information content (AvgIpc) is 3.22. The molecule has 1 aromatic carbocycles. The summed E-state index contributed by atoms with van der Waals surface area (Å²) < 4.78 is 0. The van der Waals surface area contributed by atoms with E-state index in [4.69, 9.17) is 0 Å². The Kier molecular flexibility index (Phi) is 5.18. The molecule has 3 rings (SSSR count). The molecule has 0 aliphatic carbocycles. The lowest BCUT2D eigenvalue weighted by Crippen LogP contribution is -2.41. The Morgan fingerprint density at radius 2 is 1.96 bits per heavy atom. The first-order chi connectivity index (χ1) is 12.0. The fourth-order valence-electron chi connectivity index (χ4n) is 3.33. The van der Waals surface area contributed by atoms with Gasteiger partial charge in [0, 0.05) is 36.9 Å². The highest BCUT2D eigenvalue weighted by Crippen LogP contribution is 2.28. The molecule has 6 heteroatoms. The highest BCUT2D eigenvalue weighted by atomic mass is 32.1. The van der Waals surface area contributed by atoms with Crippen molar-refractivity contribution in [2.75, 3.05) is 13.1 Å². The van der Waals surface area contributed by atoms with Crippen LogP contribution in [0.4, 0.5) is 0 Å². The maximum Gasteiger partial charge on any atom is 0.273 e. The lowest BCUT2D eigenvalue weighted by Gasteiger charge is -2.21. The standard InChI is InChI=1S/C19H23N3O2S/c1-12(2)15-9-22(10-16(15)20-13(3)23)19(24)17-11-25-18(21-17)14-7-5-4-6-8-14/h4-8,11-12,15-16H,9-10H2,1-3H3,(H,20,23)/t15-,16+/m0/s1. The fourth-order valence-corrected chi connectivity index (χ4v) is 4.13. The van der Waals surface area contributed by atoms with E-state index in [0.29, 0.717) is 24.7 Å². The zero-order chi connectivity index (χ0) is 18.0. The number of amides is 2. The van der Waals surface area contributed by atoms with Crippen molar-refractivity contribution < 1.29 is 9.59 Å². The molecule has 0 radical (unpaired) electrons. The van der Waals surface area contributed by atoms with Gasteiger partial charge in [0.05, 0.1) is 6.04 Å². The lowest BCUT2D eigenvalue weighted by molar-refractivity contribution is -0.119. The van der Waals surface area contributed by atoms with Crippen molar-refractivity contribution in [1.82, 2.24) is 15.2 Å². The minimum absolute atomic E-state index is 0.00804. The lowest BCUT2D eigenvalue weighted by atomic mass is 9.91. The summed E-state index contributed by atoms with van der Waals surface area (Å²) in [6.45, 7) is 6.97. The Morgan fingerprint density at radius 3 is 2.60 bits per heavy atom. The molecule has 0 bridgehead atoms. The minimum Gasteiger partial charge on any atom is -0.351 e. The largest absolute Gasteiger partial charge is 0.351 e. The van der Waals surface area contributed by atoms with Crippen LogP contribution in [0.25, 0.3) is 10.6 Å². The van der Waals surface area contributed by atoms with E-state index in [0.717, 1.165) is 10.6 Å². The van der Waals surface area contributed by atoms with E-state index in [-0.39, 0.29) is 23.8 Å². The van der Waals surface area contributed by atoms with E-state index in [9.17, 15) is 9.59 Å². The van der Waals surface area contributed by atoms with Gasteiger partial charge in [-0.25, -0.2) is 4.98 Å². The number of aromatic nitrogens is 1. The molecule has 2 amide bonds. The number of hydrogen-bond acceptors (Lipinski definition) is 4. The molecule has 0 unspecified atom stereocenters. The van der Waals surface area contributed by atoms with Gasteiger partial charge in [-0.2, -0.15) is 0 Å². The zero-order valence-electron chi connectivity index (χ0n) is 14.7. The number of carbonyl (C=O) groups excluding carboxylic acids is 2. The fraction of sp³-hybridized carbons (Fsp3) is 0.421. The maximum absolute atomic E-state index is 12.8. The van der Waals surface area contributed by atoms with E-state index < -0.39 is 0 Å². The van der Waals surface area contributed by atoms with Gasteiger partial charge in [0.25, 0.3) is 5.91 Å². The molecule has 0 spiro atoms. The zero-order valence-corrected chi connectivity index (χ0v) is 15.5. The summed E-state index contributed by atoms with van der Waals surface area (Å²) in [7, 11) is 0. The SMILES string of the molecule is CC(=O)N[C@@H]1CN(C(=O)c2csc(-c3ccccc3)n2)C[C@H]1C(C)C. The Labute approximate surface area is 152 Å². The molecule has 1 aliphatic rings. The van der Waals surface area contributed by atoms with E-state index in [1.165, 1.54) is 18.3 Å². The topological polar surface area (TPSA) is 62.3 Å². The second-order valence-corrected chi connectivity index (χ2v) is 7.69. The van der Waals surface area contributed by atoms with Gasteiger partial charge in [-0.15, -0.1) is 11.3 Å². The number of thiazole rings is 1. The third-order valence-corrected chi connectivity index (χ3v) is 5.53. The molecule has 2 aromatic rings. The van der Waals surface area contributed by atoms with Crippen molar-refractivity contribution in [3.63, 3.8) is 0 Å². The molecule has 1 aliphatic heterocycles. The van der Waals surface area contributed by atoms with Gasteiger partial charge in [0.1, 0.15) is 10.7 Å². The van der Waals surface area contributed by atoms with Crippen LogP contribution in [-0.4, -0.2) is 40.8 Å². The van der Waals surface area contributed by atoms with Crippen LogP contribution in [0.5, 0.6) is 0 Å². The van der Waals surface area contributed by atoms with Crippen LogP contribution >= 0.6 is 11.3 Å². The molecule has 1 N–H and O–H groups in total. The van der Waals surface area contributed by atoms with Crippen molar-refractivity contribution in [2.45, 2.75) is 26.8 Å². The van der Waals surface area contributed by atoms with Crippen LogP contribution in [0.15, 0.2) is 35.7 Å². The van der Waals surface area contributed by atoms with Gasteiger partial charge in [0.15, 0.2) is 0 Å². The molecule has 0 saturated carbocycles. The van der Waals surface area contributed by atoms with Crippen LogP contribution in [0.2, 0.25) is 0 Å². The van der Waals surface area contributed by atoms with Gasteiger partial charge < -0.3 is 10.2 Å². The number of carbonyl (C=O) groups is 2. The van der Waals surface area contributed by atoms with Crippen LogP contribution < -0.4 is 5.32 Å². The molecule has 132 valence electrons. The highest BCUT2D eigenvalue weighted by Gasteiger charge is 2.38. The summed E-state index contributed by atoms with van der Waals surface area (Å²) >= 11 is 1.48. The molecule has 1 saturated heterocycles. The number of nitrogens with one attached hydrogen (secondary N) is 1. The highest BCUT2D eigenvalue weighted by molar-refractivity contribution is 7.13. The van der Waals surface area contributed by atoms with Crippen LogP contribution in [-0.2, 0) is 4.79 Å². The Hall–Kier alpha value is -2.21. The molecule has 5 nitrogen and oxygen atoms in total. The van der Waals surface area contributed by atoms with E-state index in [1.54, 1.807) is 0 Å². The van der Waals surface area contributed by atoms with Gasteiger partial charge in [-0.1, -0.05) is 44.2 Å². The maximum atomic E-state index is 12.8. The van der Waals surface area contributed by atoms with Crippen LogP contribution in [0.3, 0.4) is 0 Å². The Balaban J connectivity index is 1.75. The number of nitrogens with zero attached hydrogens (tertiary/aromatic N) is 2. The quantitative estimate of drug-likeness (QED) is 0.915. The monoisotopic (exact) mass is 357 g/mol. The predicted molar refractivity (Wildman–Crippen MR) is 99.4 cm³/mol. The summed E-state index contributed by atoms with van der Waals surface area (Å²) in [5.41, 5.74) is 1.50. The van der Waals surface area contributed by atoms with Crippen LogP contribution in [0, 0.1) is 11.8 Å². The molecule has 1 fully saturated rings.